The average molecular weight is 311 g/mol. The van der Waals surface area contributed by atoms with E-state index in [0.29, 0.717) is 0 Å². The molecule has 0 fully saturated rings. The Morgan fingerprint density at radius 2 is 2.00 bits per heavy atom. The van der Waals surface area contributed by atoms with Crippen LogP contribution >= 0.6 is 0 Å². The van der Waals surface area contributed by atoms with Crippen LogP contribution in [0.15, 0.2) is 24.3 Å². The molecule has 0 saturated heterocycles. The van der Waals surface area contributed by atoms with Gasteiger partial charge in [0, 0.05) is 6.04 Å². The summed E-state index contributed by atoms with van der Waals surface area (Å²) in [5.41, 5.74) is -0.812. The smallest absolute Gasteiger partial charge is 0.416 e. The minimum absolute atomic E-state index is 0.0915. The monoisotopic (exact) mass is 311 g/mol. The number of carboxylic acid groups (broad SMARTS) is 1. The van der Waals surface area contributed by atoms with Crippen LogP contribution in [0.2, 0.25) is 0 Å². The van der Waals surface area contributed by atoms with Crippen molar-refractivity contribution >= 4 is 16.0 Å². The van der Waals surface area contributed by atoms with Gasteiger partial charge in [-0.25, -0.2) is 13.1 Å². The molecule has 0 aliphatic heterocycles. The number of hydrogen-bond acceptors (Lipinski definition) is 3. The van der Waals surface area contributed by atoms with Crippen LogP contribution in [0, 0.1) is 0 Å². The Morgan fingerprint density at radius 1 is 1.40 bits per heavy atom. The van der Waals surface area contributed by atoms with Gasteiger partial charge in [0.1, 0.15) is 0 Å². The summed E-state index contributed by atoms with van der Waals surface area (Å²) in [5.74, 6) is -2.69. The molecule has 0 aliphatic rings. The van der Waals surface area contributed by atoms with Crippen molar-refractivity contribution in [2.24, 2.45) is 0 Å². The molecule has 0 bridgehead atoms. The van der Waals surface area contributed by atoms with Crippen LogP contribution in [-0.4, -0.2) is 25.2 Å². The van der Waals surface area contributed by atoms with Crippen molar-refractivity contribution in [3.8, 4) is 0 Å². The number of alkyl halides is 3. The van der Waals surface area contributed by atoms with Crippen molar-refractivity contribution in [1.82, 2.24) is 4.72 Å². The Bertz CT molecular complexity index is 598. The van der Waals surface area contributed by atoms with Crippen molar-refractivity contribution < 1.29 is 31.5 Å². The lowest BCUT2D eigenvalue weighted by Crippen LogP contribution is -2.32. The Balaban J connectivity index is 2.94. The van der Waals surface area contributed by atoms with E-state index in [1.807, 2.05) is 4.72 Å². The zero-order chi connectivity index (χ0) is 15.6. The number of benzene rings is 1. The largest absolute Gasteiger partial charge is 0.480 e. The number of carbonyl (C=O) groups is 1. The second kappa shape index (κ2) is 5.80. The number of hydrogen-bond donors (Lipinski definition) is 2. The van der Waals surface area contributed by atoms with Gasteiger partial charge < -0.3 is 5.11 Å². The van der Waals surface area contributed by atoms with Crippen LogP contribution in [0.25, 0.3) is 0 Å². The Hall–Kier alpha value is -1.61. The number of nitrogens with one attached hydrogen (secondary N) is 1. The van der Waals surface area contributed by atoms with Gasteiger partial charge in [-0.3, -0.25) is 4.79 Å². The highest BCUT2D eigenvalue weighted by Gasteiger charge is 2.31. The Kier molecular flexibility index (Phi) is 4.77. The molecule has 0 amide bonds. The van der Waals surface area contributed by atoms with Gasteiger partial charge >= 0.3 is 12.1 Å². The second-order valence-corrected chi connectivity index (χ2v) is 5.87. The number of carboxylic acids is 1. The van der Waals surface area contributed by atoms with Crippen LogP contribution in [0.3, 0.4) is 0 Å². The summed E-state index contributed by atoms with van der Waals surface area (Å²) < 4.78 is 62.4. The molecule has 1 unspecified atom stereocenters. The minimum atomic E-state index is -4.53. The summed E-state index contributed by atoms with van der Waals surface area (Å²) >= 11 is 0. The van der Waals surface area contributed by atoms with Gasteiger partial charge in [-0.05, 0) is 24.6 Å². The lowest BCUT2D eigenvalue weighted by atomic mass is 10.1. The molecule has 112 valence electrons. The second-order valence-electron chi connectivity index (χ2n) is 4.12. The molecule has 0 saturated carbocycles. The molecule has 0 aliphatic carbocycles. The topological polar surface area (TPSA) is 83.5 Å². The molecular weight excluding hydrogens is 299 g/mol. The molecule has 1 aromatic rings. The van der Waals surface area contributed by atoms with E-state index in [0.717, 1.165) is 18.2 Å². The van der Waals surface area contributed by atoms with Gasteiger partial charge in [-0.1, -0.05) is 12.1 Å². The first-order chi connectivity index (χ1) is 9.01. The highest BCUT2D eigenvalue weighted by molar-refractivity contribution is 7.90. The molecule has 0 radical (unpaired) electrons. The average Bonchev–Trinajstić information content (AvgIpc) is 2.25. The number of halogens is 3. The maximum atomic E-state index is 12.5. The van der Waals surface area contributed by atoms with Crippen LogP contribution < -0.4 is 4.72 Å². The third kappa shape index (κ3) is 4.82. The molecule has 0 spiro atoms. The van der Waals surface area contributed by atoms with Crippen LogP contribution in [0.1, 0.15) is 24.1 Å². The fourth-order valence-electron chi connectivity index (χ4n) is 1.53. The lowest BCUT2D eigenvalue weighted by molar-refractivity contribution is -0.137. The zero-order valence-corrected chi connectivity index (χ0v) is 11.1. The summed E-state index contributed by atoms with van der Waals surface area (Å²) in [6.07, 6.45) is -4.53. The van der Waals surface area contributed by atoms with Gasteiger partial charge in [-0.2, -0.15) is 13.2 Å². The summed E-state index contributed by atoms with van der Waals surface area (Å²) in [6, 6.07) is 3.18. The van der Waals surface area contributed by atoms with Crippen molar-refractivity contribution in [3.63, 3.8) is 0 Å². The van der Waals surface area contributed by atoms with Crippen LogP contribution in [0.4, 0.5) is 13.2 Å². The van der Waals surface area contributed by atoms with E-state index in [2.05, 4.69) is 0 Å². The van der Waals surface area contributed by atoms with E-state index in [-0.39, 0.29) is 5.56 Å². The van der Waals surface area contributed by atoms with Gasteiger partial charge in [-0.15, -0.1) is 0 Å². The first-order valence-corrected chi connectivity index (χ1v) is 7.05. The molecular formula is C11H12F3NO4S. The highest BCUT2D eigenvalue weighted by Crippen LogP contribution is 2.30. The zero-order valence-electron chi connectivity index (χ0n) is 10.3. The molecule has 9 heteroatoms. The molecule has 1 aromatic carbocycles. The maximum absolute atomic E-state index is 12.5. The summed E-state index contributed by atoms with van der Waals surface area (Å²) in [6.45, 7) is 1.33. The maximum Gasteiger partial charge on any atom is 0.416 e. The van der Waals surface area contributed by atoms with Crippen molar-refractivity contribution in [2.75, 3.05) is 5.75 Å². The predicted octanol–water partition coefficient (Wildman–Crippen LogP) is 1.77. The van der Waals surface area contributed by atoms with Gasteiger partial charge in [0.25, 0.3) is 0 Å². The third-order valence-electron chi connectivity index (χ3n) is 2.38. The third-order valence-corrected chi connectivity index (χ3v) is 3.72. The Labute approximate surface area is 113 Å². The van der Waals surface area contributed by atoms with Gasteiger partial charge in [0.05, 0.1) is 5.56 Å². The van der Waals surface area contributed by atoms with E-state index < -0.39 is 39.5 Å². The van der Waals surface area contributed by atoms with E-state index >= 15 is 0 Å². The number of aliphatic carboxylic acids is 1. The van der Waals surface area contributed by atoms with E-state index in [4.69, 9.17) is 5.11 Å². The van der Waals surface area contributed by atoms with Crippen molar-refractivity contribution in [2.45, 2.75) is 19.1 Å². The molecule has 5 nitrogen and oxygen atoms in total. The van der Waals surface area contributed by atoms with Crippen LogP contribution in [-0.2, 0) is 21.0 Å². The minimum Gasteiger partial charge on any atom is -0.480 e. The summed E-state index contributed by atoms with van der Waals surface area (Å²) in [7, 11) is -4.11. The quantitative estimate of drug-likeness (QED) is 0.868. The molecule has 1 rings (SSSR count). The van der Waals surface area contributed by atoms with Crippen molar-refractivity contribution in [1.29, 1.82) is 0 Å². The fraction of sp³-hybridized carbons (Fsp3) is 0.364. The number of sulfonamides is 1. The molecule has 1 atom stereocenters. The standard InChI is InChI=1S/C11H12F3NO4S/c1-7(15-20(18,19)6-10(16)17)8-3-2-4-9(5-8)11(12,13)14/h2-5,7,15H,6H2,1H3,(H,16,17). The molecule has 0 aromatic heterocycles. The summed E-state index contributed by atoms with van der Waals surface area (Å²) in [4.78, 5) is 10.4. The predicted molar refractivity (Wildman–Crippen MR) is 64.4 cm³/mol. The van der Waals surface area contributed by atoms with Gasteiger partial charge in [0.15, 0.2) is 5.75 Å². The lowest BCUT2D eigenvalue weighted by Gasteiger charge is -2.15. The van der Waals surface area contributed by atoms with E-state index in [1.165, 1.54) is 13.0 Å². The van der Waals surface area contributed by atoms with E-state index in [9.17, 15) is 26.4 Å². The van der Waals surface area contributed by atoms with Crippen molar-refractivity contribution in [3.05, 3.63) is 35.4 Å². The van der Waals surface area contributed by atoms with Crippen LogP contribution in [0.5, 0.6) is 0 Å². The number of rotatable bonds is 5. The SMILES string of the molecule is CC(NS(=O)(=O)CC(=O)O)c1cccc(C(F)(F)F)c1. The molecule has 20 heavy (non-hydrogen) atoms. The highest BCUT2D eigenvalue weighted by atomic mass is 32.2. The normalized spacial score (nSPS) is 14.0. The first kappa shape index (κ1) is 16.4. The first-order valence-electron chi connectivity index (χ1n) is 5.40. The molecule has 2 N–H and O–H groups in total. The Morgan fingerprint density at radius 3 is 2.50 bits per heavy atom. The summed E-state index contributed by atoms with van der Waals surface area (Å²) in [5, 5.41) is 8.42. The molecule has 0 heterocycles. The van der Waals surface area contributed by atoms with E-state index in [1.54, 1.807) is 0 Å². The van der Waals surface area contributed by atoms with Gasteiger partial charge in [0.2, 0.25) is 10.0 Å². The fourth-order valence-corrected chi connectivity index (χ4v) is 2.61.